The first kappa shape index (κ1) is 14.8. The molecule has 0 heterocycles. The van der Waals surface area contributed by atoms with Crippen molar-refractivity contribution in [1.29, 1.82) is 0 Å². The molecule has 4 nitrogen and oxygen atoms in total. The molecular weight excluding hydrogens is 266 g/mol. The van der Waals surface area contributed by atoms with Crippen LogP contribution in [0.15, 0.2) is 53.5 Å². The number of carbonyl (C=O) groups is 1. The molecule has 0 spiro atoms. The minimum Gasteiger partial charge on any atom is -0.497 e. The maximum Gasteiger partial charge on any atom is 0.337 e. The second-order valence-corrected chi connectivity index (χ2v) is 4.46. The number of carbonyl (C=O) groups excluding carboxylic acids is 1. The maximum atomic E-state index is 11.4. The van der Waals surface area contributed by atoms with Gasteiger partial charge < -0.3 is 9.47 Å². The number of hydrogen-bond donors (Lipinski definition) is 0. The molecule has 0 saturated carbocycles. The number of nitrogens with zero attached hydrogens (tertiary/aromatic N) is 1. The van der Waals surface area contributed by atoms with E-state index in [1.54, 1.807) is 19.2 Å². The first-order valence-electron chi connectivity index (χ1n) is 6.52. The summed E-state index contributed by atoms with van der Waals surface area (Å²) in [4.78, 5) is 15.9. The molecule has 0 aliphatic rings. The third kappa shape index (κ3) is 3.69. The van der Waals surface area contributed by atoms with Crippen LogP contribution in [-0.4, -0.2) is 25.9 Å². The molecule has 0 aliphatic heterocycles. The Morgan fingerprint density at radius 1 is 0.905 bits per heavy atom. The van der Waals surface area contributed by atoms with Crippen molar-refractivity contribution in [3.8, 4) is 5.75 Å². The van der Waals surface area contributed by atoms with Crippen LogP contribution in [0.5, 0.6) is 5.75 Å². The van der Waals surface area contributed by atoms with Gasteiger partial charge in [0.25, 0.3) is 0 Å². The summed E-state index contributed by atoms with van der Waals surface area (Å²) in [5, 5.41) is 0. The van der Waals surface area contributed by atoms with Crippen molar-refractivity contribution in [1.82, 2.24) is 0 Å². The molecule has 0 fully saturated rings. The van der Waals surface area contributed by atoms with Crippen molar-refractivity contribution < 1.29 is 14.3 Å². The zero-order valence-corrected chi connectivity index (χ0v) is 12.3. The minimum atomic E-state index is -0.341. The summed E-state index contributed by atoms with van der Waals surface area (Å²) in [6.45, 7) is 1.93. The number of ether oxygens (including phenoxy) is 2. The summed E-state index contributed by atoms with van der Waals surface area (Å²) in [5.74, 6) is 0.459. The van der Waals surface area contributed by atoms with Crippen molar-refractivity contribution >= 4 is 17.4 Å². The van der Waals surface area contributed by atoms with Crippen molar-refractivity contribution in [3.05, 3.63) is 59.7 Å². The van der Waals surface area contributed by atoms with Crippen LogP contribution in [-0.2, 0) is 4.74 Å². The minimum absolute atomic E-state index is 0.341. The maximum absolute atomic E-state index is 11.4. The van der Waals surface area contributed by atoms with E-state index in [4.69, 9.17) is 4.74 Å². The van der Waals surface area contributed by atoms with E-state index in [2.05, 4.69) is 9.73 Å². The Bertz CT molecular complexity index is 643. The van der Waals surface area contributed by atoms with Crippen molar-refractivity contribution in [2.24, 2.45) is 4.99 Å². The fourth-order valence-electron chi connectivity index (χ4n) is 1.88. The van der Waals surface area contributed by atoms with E-state index in [9.17, 15) is 4.79 Å². The Morgan fingerprint density at radius 3 is 2.00 bits per heavy atom. The lowest BCUT2D eigenvalue weighted by Gasteiger charge is -2.04. The predicted molar refractivity (Wildman–Crippen MR) is 82.6 cm³/mol. The molecular formula is C17H17NO3. The summed E-state index contributed by atoms with van der Waals surface area (Å²) in [6.07, 6.45) is 0. The summed E-state index contributed by atoms with van der Waals surface area (Å²) in [6, 6.07) is 14.7. The van der Waals surface area contributed by atoms with Crippen LogP contribution in [0.4, 0.5) is 5.69 Å². The second kappa shape index (κ2) is 6.70. The first-order valence-corrected chi connectivity index (χ1v) is 6.52. The molecule has 2 aromatic rings. The van der Waals surface area contributed by atoms with Gasteiger partial charge in [0.1, 0.15) is 5.75 Å². The Hall–Kier alpha value is -2.62. The van der Waals surface area contributed by atoms with Crippen LogP contribution in [0.3, 0.4) is 0 Å². The van der Waals surface area contributed by atoms with E-state index in [-0.39, 0.29) is 5.97 Å². The molecule has 21 heavy (non-hydrogen) atoms. The normalized spacial score (nSPS) is 11.1. The molecule has 2 aromatic carbocycles. The zero-order chi connectivity index (χ0) is 15.2. The van der Waals surface area contributed by atoms with Crippen LogP contribution < -0.4 is 4.74 Å². The van der Waals surface area contributed by atoms with Crippen molar-refractivity contribution in [2.75, 3.05) is 14.2 Å². The summed E-state index contributed by atoms with van der Waals surface area (Å²) in [5.41, 5.74) is 3.21. The van der Waals surface area contributed by atoms with Gasteiger partial charge in [-0.15, -0.1) is 0 Å². The van der Waals surface area contributed by atoms with E-state index < -0.39 is 0 Å². The number of esters is 1. The zero-order valence-electron chi connectivity index (χ0n) is 12.3. The van der Waals surface area contributed by atoms with Gasteiger partial charge in [0.15, 0.2) is 0 Å². The fourth-order valence-corrected chi connectivity index (χ4v) is 1.88. The summed E-state index contributed by atoms with van der Waals surface area (Å²) >= 11 is 0. The third-order valence-corrected chi connectivity index (χ3v) is 3.09. The smallest absolute Gasteiger partial charge is 0.337 e. The highest BCUT2D eigenvalue weighted by Crippen LogP contribution is 2.19. The van der Waals surface area contributed by atoms with Gasteiger partial charge in [-0.2, -0.15) is 0 Å². The quantitative estimate of drug-likeness (QED) is 0.636. The molecule has 0 N–H and O–H groups in total. The van der Waals surface area contributed by atoms with Gasteiger partial charge in [-0.05, 0) is 48.9 Å². The molecule has 0 aromatic heterocycles. The molecule has 0 amide bonds. The number of hydrogen-bond acceptors (Lipinski definition) is 4. The van der Waals surface area contributed by atoms with E-state index in [0.29, 0.717) is 5.56 Å². The molecule has 0 aliphatic carbocycles. The molecule has 108 valence electrons. The van der Waals surface area contributed by atoms with Gasteiger partial charge in [0, 0.05) is 5.71 Å². The monoisotopic (exact) mass is 283 g/mol. The van der Waals surface area contributed by atoms with Crippen molar-refractivity contribution in [2.45, 2.75) is 6.92 Å². The Morgan fingerprint density at radius 2 is 1.48 bits per heavy atom. The molecule has 0 unspecified atom stereocenters. The van der Waals surface area contributed by atoms with E-state index in [0.717, 1.165) is 22.7 Å². The highest BCUT2D eigenvalue weighted by molar-refractivity contribution is 6.01. The van der Waals surface area contributed by atoms with Crippen LogP contribution in [0.25, 0.3) is 0 Å². The predicted octanol–water partition coefficient (Wildman–Crippen LogP) is 3.62. The average molecular weight is 283 g/mol. The second-order valence-electron chi connectivity index (χ2n) is 4.46. The highest BCUT2D eigenvalue weighted by atomic mass is 16.5. The highest BCUT2D eigenvalue weighted by Gasteiger charge is 2.05. The van der Waals surface area contributed by atoms with Crippen molar-refractivity contribution in [3.63, 3.8) is 0 Å². The van der Waals surface area contributed by atoms with Crippen LogP contribution in [0.2, 0.25) is 0 Å². The average Bonchev–Trinajstić information content (AvgIpc) is 2.55. The van der Waals surface area contributed by atoms with Crippen LogP contribution in [0.1, 0.15) is 22.8 Å². The number of benzene rings is 2. The van der Waals surface area contributed by atoms with Crippen LogP contribution in [0, 0.1) is 0 Å². The van der Waals surface area contributed by atoms with E-state index in [1.165, 1.54) is 7.11 Å². The summed E-state index contributed by atoms with van der Waals surface area (Å²) in [7, 11) is 3.00. The van der Waals surface area contributed by atoms with E-state index >= 15 is 0 Å². The van der Waals surface area contributed by atoms with Gasteiger partial charge in [-0.1, -0.05) is 12.1 Å². The lowest BCUT2D eigenvalue weighted by molar-refractivity contribution is 0.0600. The number of methoxy groups -OCH3 is 2. The topological polar surface area (TPSA) is 47.9 Å². The largest absolute Gasteiger partial charge is 0.497 e. The summed E-state index contributed by atoms with van der Waals surface area (Å²) < 4.78 is 9.79. The molecule has 0 bridgehead atoms. The Labute approximate surface area is 124 Å². The molecule has 0 radical (unpaired) electrons. The van der Waals surface area contributed by atoms with Gasteiger partial charge in [-0.3, -0.25) is 4.99 Å². The standard InChI is InChI=1S/C17H17NO3/c1-12(18-15-8-10-16(20-2)11-9-15)13-4-6-14(7-5-13)17(19)21-3/h4-11H,1-3H3. The van der Waals surface area contributed by atoms with E-state index in [1.807, 2.05) is 43.3 Å². The lowest BCUT2D eigenvalue weighted by atomic mass is 10.1. The Balaban J connectivity index is 2.19. The molecule has 4 heteroatoms. The molecule has 0 atom stereocenters. The molecule has 2 rings (SSSR count). The SMILES string of the molecule is COC(=O)c1ccc(C(C)=Nc2ccc(OC)cc2)cc1. The first-order chi connectivity index (χ1) is 10.1. The Kier molecular flexibility index (Phi) is 4.72. The fraction of sp³-hybridized carbons (Fsp3) is 0.176. The third-order valence-electron chi connectivity index (χ3n) is 3.09. The van der Waals surface area contributed by atoms with Gasteiger partial charge in [0.2, 0.25) is 0 Å². The van der Waals surface area contributed by atoms with Gasteiger partial charge in [-0.25, -0.2) is 4.79 Å². The van der Waals surface area contributed by atoms with Gasteiger partial charge in [0.05, 0.1) is 25.5 Å². The molecule has 0 saturated heterocycles. The number of aliphatic imine (C=N–C) groups is 1. The van der Waals surface area contributed by atoms with Crippen LogP contribution >= 0.6 is 0 Å². The lowest BCUT2D eigenvalue weighted by Crippen LogP contribution is -2.02. The van der Waals surface area contributed by atoms with Gasteiger partial charge >= 0.3 is 5.97 Å². The number of rotatable bonds is 4.